The topological polar surface area (TPSA) is 121 Å². The molecule has 1 atom stereocenters. The van der Waals surface area contributed by atoms with Gasteiger partial charge in [-0.3, -0.25) is 24.0 Å². The van der Waals surface area contributed by atoms with Crippen molar-refractivity contribution in [3.8, 4) is 0 Å². The highest BCUT2D eigenvalue weighted by Crippen LogP contribution is 2.39. The molecule has 264 valence electrons. The van der Waals surface area contributed by atoms with E-state index in [0.29, 0.717) is 38.4 Å². The summed E-state index contributed by atoms with van der Waals surface area (Å²) in [6, 6.07) is 43.7. The van der Waals surface area contributed by atoms with Crippen LogP contribution in [0.2, 0.25) is 0 Å². The number of carbonyl (C=O) groups is 5. The van der Waals surface area contributed by atoms with Gasteiger partial charge in [-0.2, -0.15) is 0 Å². The molecule has 6 aromatic carbocycles. The number of fused-ring (bicyclic) bond motifs is 2. The molecule has 6 aromatic rings. The van der Waals surface area contributed by atoms with Gasteiger partial charge >= 0.3 is 0 Å². The summed E-state index contributed by atoms with van der Waals surface area (Å²) < 4.78 is 0.869. The smallest absolute Gasteiger partial charge is 0.272 e. The average molecular weight is 793 g/mol. The molecule has 0 saturated heterocycles. The minimum Gasteiger partial charge on any atom is -0.324 e. The molecule has 7 rings (SSSR count). The molecule has 1 unspecified atom stereocenters. The number of nitrogens with one attached hydrogen (secondary N) is 3. The van der Waals surface area contributed by atoms with Gasteiger partial charge < -0.3 is 16.0 Å². The van der Waals surface area contributed by atoms with Crippen LogP contribution in [0.5, 0.6) is 0 Å². The maximum absolute atomic E-state index is 14.2. The highest BCUT2D eigenvalue weighted by atomic mass is 79.9. The van der Waals surface area contributed by atoms with Crippen LogP contribution in [0.3, 0.4) is 0 Å². The lowest BCUT2D eigenvalue weighted by atomic mass is 9.83. The zero-order valence-corrected chi connectivity index (χ0v) is 30.8. The van der Waals surface area contributed by atoms with Crippen molar-refractivity contribution in [2.24, 2.45) is 0 Å². The van der Waals surface area contributed by atoms with Crippen LogP contribution in [-0.4, -0.2) is 29.3 Å². The molecule has 10 heteroatoms. The van der Waals surface area contributed by atoms with Gasteiger partial charge in [0, 0.05) is 37.3 Å². The fourth-order valence-electron chi connectivity index (χ4n) is 6.00. The van der Waals surface area contributed by atoms with Crippen LogP contribution >= 0.6 is 27.7 Å². The minimum absolute atomic E-state index is 0.0348. The number of rotatable bonds is 10. The van der Waals surface area contributed by atoms with E-state index in [1.165, 1.54) is 11.8 Å². The molecule has 0 heterocycles. The first-order valence-electron chi connectivity index (χ1n) is 16.8. The van der Waals surface area contributed by atoms with E-state index in [-0.39, 0.29) is 34.1 Å². The Bertz CT molecular complexity index is 2450. The Kier molecular flexibility index (Phi) is 10.7. The molecule has 0 fully saturated rings. The van der Waals surface area contributed by atoms with E-state index in [1.807, 2.05) is 60.7 Å². The Morgan fingerprint density at radius 2 is 1.26 bits per heavy atom. The van der Waals surface area contributed by atoms with E-state index in [0.717, 1.165) is 4.47 Å². The van der Waals surface area contributed by atoms with E-state index < -0.39 is 23.0 Å². The van der Waals surface area contributed by atoms with Crippen molar-refractivity contribution in [2.75, 3.05) is 10.6 Å². The third kappa shape index (κ3) is 8.00. The molecule has 8 nitrogen and oxygen atoms in total. The number of anilines is 2. The Labute approximate surface area is 323 Å². The Morgan fingerprint density at radius 3 is 1.98 bits per heavy atom. The van der Waals surface area contributed by atoms with Gasteiger partial charge in [0.05, 0.1) is 11.3 Å². The molecule has 3 amide bonds. The summed E-state index contributed by atoms with van der Waals surface area (Å²) in [6.07, 6.45) is 1.59. The van der Waals surface area contributed by atoms with Gasteiger partial charge in [0.2, 0.25) is 5.91 Å². The Hall–Kier alpha value is -6.36. The molecule has 0 aromatic heterocycles. The lowest BCUT2D eigenvalue weighted by Crippen LogP contribution is -2.30. The Morgan fingerprint density at radius 1 is 0.630 bits per heavy atom. The second-order valence-electron chi connectivity index (χ2n) is 12.2. The molecular formula is C44H30BrN3O5S. The van der Waals surface area contributed by atoms with E-state index in [1.54, 1.807) is 97.1 Å². The van der Waals surface area contributed by atoms with Crippen molar-refractivity contribution in [1.29, 1.82) is 0 Å². The van der Waals surface area contributed by atoms with E-state index in [9.17, 15) is 24.0 Å². The van der Waals surface area contributed by atoms with Gasteiger partial charge in [0.15, 0.2) is 11.6 Å². The summed E-state index contributed by atoms with van der Waals surface area (Å²) in [7, 11) is 0. The molecule has 54 heavy (non-hydrogen) atoms. The minimum atomic E-state index is -0.785. The van der Waals surface area contributed by atoms with Crippen molar-refractivity contribution in [1.82, 2.24) is 5.32 Å². The number of thioether (sulfide) groups is 1. The monoisotopic (exact) mass is 791 g/mol. The van der Waals surface area contributed by atoms with Crippen LogP contribution < -0.4 is 16.0 Å². The van der Waals surface area contributed by atoms with Crippen LogP contribution in [0.4, 0.5) is 11.4 Å². The first-order chi connectivity index (χ1) is 26.2. The fraction of sp³-hybridized carbons (Fsp3) is 0.0227. The molecular weight excluding hydrogens is 762 g/mol. The number of benzene rings is 6. The zero-order valence-electron chi connectivity index (χ0n) is 28.4. The Balaban J connectivity index is 1.14. The number of hydrogen-bond donors (Lipinski definition) is 3. The molecule has 0 spiro atoms. The summed E-state index contributed by atoms with van der Waals surface area (Å²) in [5.74, 6) is -2.01. The van der Waals surface area contributed by atoms with Crippen molar-refractivity contribution >= 4 is 74.4 Å². The third-order valence-corrected chi connectivity index (χ3v) is 10.4. The summed E-state index contributed by atoms with van der Waals surface area (Å²) >= 11 is 4.68. The summed E-state index contributed by atoms with van der Waals surface area (Å²) in [6.45, 7) is 0. The lowest BCUT2D eigenvalue weighted by Gasteiger charge is -2.22. The highest BCUT2D eigenvalue weighted by molar-refractivity contribution is 9.10. The number of amides is 3. The zero-order chi connectivity index (χ0) is 37.6. The van der Waals surface area contributed by atoms with E-state index in [4.69, 9.17) is 0 Å². The fourth-order valence-corrected chi connectivity index (χ4v) is 7.35. The molecule has 1 aliphatic carbocycles. The van der Waals surface area contributed by atoms with Crippen LogP contribution in [-0.2, 0) is 9.59 Å². The molecule has 0 saturated carbocycles. The van der Waals surface area contributed by atoms with Gasteiger partial charge in [-0.25, -0.2) is 0 Å². The number of hydrogen-bond acceptors (Lipinski definition) is 6. The third-order valence-electron chi connectivity index (χ3n) is 8.61. The molecule has 1 aliphatic rings. The van der Waals surface area contributed by atoms with Gasteiger partial charge in [0.25, 0.3) is 11.8 Å². The largest absolute Gasteiger partial charge is 0.324 e. The van der Waals surface area contributed by atoms with Crippen molar-refractivity contribution < 1.29 is 24.0 Å². The predicted molar refractivity (Wildman–Crippen MR) is 215 cm³/mol. The quantitative estimate of drug-likeness (QED) is 0.0939. The maximum atomic E-state index is 14.2. The summed E-state index contributed by atoms with van der Waals surface area (Å²) in [5, 5.41) is 7.79. The second-order valence-corrected chi connectivity index (χ2v) is 14.3. The van der Waals surface area contributed by atoms with E-state index in [2.05, 4.69) is 31.9 Å². The second kappa shape index (κ2) is 16.1. The van der Waals surface area contributed by atoms with Gasteiger partial charge in [0.1, 0.15) is 10.9 Å². The van der Waals surface area contributed by atoms with Gasteiger partial charge in [-0.1, -0.05) is 119 Å². The molecule has 3 N–H and O–H groups in total. The van der Waals surface area contributed by atoms with Crippen LogP contribution in [0.25, 0.3) is 6.08 Å². The number of carbonyl (C=O) groups excluding carboxylic acids is 5. The van der Waals surface area contributed by atoms with E-state index >= 15 is 0 Å². The van der Waals surface area contributed by atoms with Gasteiger partial charge in [-0.15, -0.1) is 11.8 Å². The maximum Gasteiger partial charge on any atom is 0.272 e. The van der Waals surface area contributed by atoms with Crippen molar-refractivity contribution in [3.05, 3.63) is 201 Å². The highest BCUT2D eigenvalue weighted by Gasteiger charge is 2.33. The average Bonchev–Trinajstić information content (AvgIpc) is 3.20. The van der Waals surface area contributed by atoms with Crippen LogP contribution in [0, 0.1) is 0 Å². The normalized spacial score (nSPS) is 12.6. The molecule has 0 bridgehead atoms. The standard InChI is InChI=1S/C44H30BrN3O5S/c45-30-23-21-27(22-24-30)25-37(48-42(51)29-13-5-2-6-14-29)43(52)46-31-15-9-16-32(26-31)54-41(28-11-3-1-4-12-28)44(53)47-36-20-10-19-35-38(36)40(50)34-18-8-7-17-33(34)39(35)49/h1-26,41H,(H,46,52)(H,47,53)(H,48,51)/b37-25+. The predicted octanol–water partition coefficient (Wildman–Crippen LogP) is 9.11. The molecule has 0 radical (unpaired) electrons. The van der Waals surface area contributed by atoms with Crippen molar-refractivity contribution in [2.45, 2.75) is 10.1 Å². The molecule has 0 aliphatic heterocycles. The summed E-state index contributed by atoms with van der Waals surface area (Å²) in [5.41, 5.74) is 3.53. The van der Waals surface area contributed by atoms with Crippen LogP contribution in [0.15, 0.2) is 167 Å². The first-order valence-corrected chi connectivity index (χ1v) is 18.5. The van der Waals surface area contributed by atoms with Crippen LogP contribution in [0.1, 0.15) is 58.6 Å². The number of ketones is 2. The number of halogens is 1. The first kappa shape index (κ1) is 36.0. The lowest BCUT2D eigenvalue weighted by molar-refractivity contribution is -0.116. The van der Waals surface area contributed by atoms with Gasteiger partial charge in [-0.05, 0) is 65.7 Å². The van der Waals surface area contributed by atoms with Crippen molar-refractivity contribution in [3.63, 3.8) is 0 Å². The SMILES string of the molecule is O=C(Nc1cccc(SC(C(=O)Nc2cccc3c2C(=O)c2ccccc2C3=O)c2ccccc2)c1)/C(=C\c1ccc(Br)cc1)NC(=O)c1ccccc1. The summed E-state index contributed by atoms with van der Waals surface area (Å²) in [4.78, 5) is 68.6.